The second-order valence-electron chi connectivity index (χ2n) is 3.85. The third kappa shape index (κ3) is 2.75. The Hall–Kier alpha value is -1.16. The van der Waals surface area contributed by atoms with E-state index in [0.717, 1.165) is 26.7 Å². The van der Waals surface area contributed by atoms with Crippen LogP contribution < -0.4 is 0 Å². The number of ketones is 1. The molecule has 2 aromatic carbocycles. The van der Waals surface area contributed by atoms with Gasteiger partial charge in [0.05, 0.1) is 0 Å². The van der Waals surface area contributed by atoms with Gasteiger partial charge < -0.3 is 0 Å². The van der Waals surface area contributed by atoms with Crippen LogP contribution in [0.4, 0.5) is 0 Å². The van der Waals surface area contributed by atoms with Gasteiger partial charge in [0.1, 0.15) is 0 Å². The average Bonchev–Trinajstić information content (AvgIpc) is 2.39. The molecular weight excluding hydrogens is 323 g/mol. The van der Waals surface area contributed by atoms with Crippen LogP contribution in [0, 0.1) is 3.57 Å². The molecule has 17 heavy (non-hydrogen) atoms. The van der Waals surface area contributed by atoms with Gasteiger partial charge in [-0.05, 0) is 46.7 Å². The summed E-state index contributed by atoms with van der Waals surface area (Å²) < 4.78 is 1.10. The first-order valence-electron chi connectivity index (χ1n) is 5.60. The quantitative estimate of drug-likeness (QED) is 0.610. The summed E-state index contributed by atoms with van der Waals surface area (Å²) in [6.07, 6.45) is 0.880. The van der Waals surface area contributed by atoms with Crippen LogP contribution in [0.3, 0.4) is 0 Å². The van der Waals surface area contributed by atoms with Crippen molar-refractivity contribution in [1.82, 2.24) is 0 Å². The van der Waals surface area contributed by atoms with Gasteiger partial charge in [0.15, 0.2) is 5.78 Å². The maximum Gasteiger partial charge on any atom is 0.193 e. The minimum atomic E-state index is 0.112. The van der Waals surface area contributed by atoms with Gasteiger partial charge in [-0.3, -0.25) is 4.79 Å². The Morgan fingerprint density at radius 2 is 1.82 bits per heavy atom. The lowest BCUT2D eigenvalue weighted by molar-refractivity contribution is 0.103. The molecule has 0 unspecified atom stereocenters. The molecule has 0 atom stereocenters. The number of hydrogen-bond acceptors (Lipinski definition) is 1. The van der Waals surface area contributed by atoms with Crippen LogP contribution in [0.15, 0.2) is 48.5 Å². The lowest BCUT2D eigenvalue weighted by Crippen LogP contribution is -2.05. The number of hydrogen-bond donors (Lipinski definition) is 0. The van der Waals surface area contributed by atoms with Crippen LogP contribution >= 0.6 is 22.6 Å². The molecule has 86 valence electrons. The Bertz CT molecular complexity index is 532. The van der Waals surface area contributed by atoms with Crippen molar-refractivity contribution in [2.24, 2.45) is 0 Å². The molecule has 0 saturated heterocycles. The van der Waals surface area contributed by atoms with E-state index in [4.69, 9.17) is 0 Å². The molecule has 2 heteroatoms. The fourth-order valence-corrected chi connectivity index (χ4v) is 2.30. The molecule has 0 fully saturated rings. The van der Waals surface area contributed by atoms with E-state index in [1.165, 1.54) is 0 Å². The Balaban J connectivity index is 2.47. The van der Waals surface area contributed by atoms with Crippen LogP contribution in [0.1, 0.15) is 28.4 Å². The molecular formula is C15H13IO. The van der Waals surface area contributed by atoms with Crippen LogP contribution in [-0.2, 0) is 6.42 Å². The van der Waals surface area contributed by atoms with E-state index in [-0.39, 0.29) is 5.78 Å². The van der Waals surface area contributed by atoms with Gasteiger partial charge in [0.2, 0.25) is 0 Å². The summed E-state index contributed by atoms with van der Waals surface area (Å²) in [6, 6.07) is 15.5. The van der Waals surface area contributed by atoms with E-state index in [1.807, 2.05) is 48.5 Å². The number of halogens is 1. The first kappa shape index (κ1) is 12.3. The highest BCUT2D eigenvalue weighted by molar-refractivity contribution is 14.1. The maximum absolute atomic E-state index is 12.4. The SMILES string of the molecule is CCc1ccc(I)cc1C(=O)c1ccccc1. The summed E-state index contributed by atoms with van der Waals surface area (Å²) in [6.45, 7) is 2.07. The molecule has 0 spiro atoms. The zero-order chi connectivity index (χ0) is 12.3. The van der Waals surface area contributed by atoms with Crippen molar-refractivity contribution in [2.75, 3.05) is 0 Å². The predicted octanol–water partition coefficient (Wildman–Crippen LogP) is 4.08. The summed E-state index contributed by atoms with van der Waals surface area (Å²) in [5, 5.41) is 0. The van der Waals surface area contributed by atoms with Crippen molar-refractivity contribution in [1.29, 1.82) is 0 Å². The fourth-order valence-electron chi connectivity index (χ4n) is 1.81. The first-order chi connectivity index (χ1) is 8.22. The van der Waals surface area contributed by atoms with Gasteiger partial charge in [-0.25, -0.2) is 0 Å². The monoisotopic (exact) mass is 336 g/mol. The van der Waals surface area contributed by atoms with Crippen molar-refractivity contribution in [2.45, 2.75) is 13.3 Å². The second-order valence-corrected chi connectivity index (χ2v) is 5.10. The number of aryl methyl sites for hydroxylation is 1. The standard InChI is InChI=1S/C15H13IO/c1-2-11-8-9-13(16)10-14(11)15(17)12-6-4-3-5-7-12/h3-10H,2H2,1H3. The number of rotatable bonds is 3. The predicted molar refractivity (Wildman–Crippen MR) is 78.4 cm³/mol. The highest BCUT2D eigenvalue weighted by atomic mass is 127. The van der Waals surface area contributed by atoms with Crippen LogP contribution in [0.2, 0.25) is 0 Å². The molecule has 0 amide bonds. The highest BCUT2D eigenvalue weighted by Crippen LogP contribution is 2.18. The molecule has 2 rings (SSSR count). The number of carbonyl (C=O) groups is 1. The topological polar surface area (TPSA) is 17.1 Å². The van der Waals surface area contributed by atoms with Crippen LogP contribution in [-0.4, -0.2) is 5.78 Å². The van der Waals surface area contributed by atoms with Crippen molar-refractivity contribution < 1.29 is 4.79 Å². The van der Waals surface area contributed by atoms with Gasteiger partial charge in [0, 0.05) is 14.7 Å². The Morgan fingerprint density at radius 3 is 2.47 bits per heavy atom. The molecule has 2 aromatic rings. The van der Waals surface area contributed by atoms with E-state index < -0.39 is 0 Å². The largest absolute Gasteiger partial charge is 0.289 e. The van der Waals surface area contributed by atoms with Crippen LogP contribution in [0.25, 0.3) is 0 Å². The third-order valence-corrected chi connectivity index (χ3v) is 3.40. The number of benzene rings is 2. The van der Waals surface area contributed by atoms with Crippen molar-refractivity contribution >= 4 is 28.4 Å². The zero-order valence-corrected chi connectivity index (χ0v) is 11.8. The Labute approximate surface area is 115 Å². The molecule has 0 radical (unpaired) electrons. The molecule has 0 aliphatic heterocycles. The van der Waals surface area contributed by atoms with Gasteiger partial charge in [-0.1, -0.05) is 43.3 Å². The average molecular weight is 336 g/mol. The van der Waals surface area contributed by atoms with Gasteiger partial charge in [-0.15, -0.1) is 0 Å². The minimum absolute atomic E-state index is 0.112. The normalized spacial score (nSPS) is 10.2. The van der Waals surface area contributed by atoms with Crippen molar-refractivity contribution in [3.63, 3.8) is 0 Å². The van der Waals surface area contributed by atoms with E-state index in [1.54, 1.807) is 0 Å². The molecule has 0 N–H and O–H groups in total. The zero-order valence-electron chi connectivity index (χ0n) is 9.61. The van der Waals surface area contributed by atoms with Gasteiger partial charge >= 0.3 is 0 Å². The Kier molecular flexibility index (Phi) is 3.94. The van der Waals surface area contributed by atoms with Crippen molar-refractivity contribution in [3.05, 3.63) is 68.8 Å². The molecule has 1 nitrogen and oxygen atoms in total. The van der Waals surface area contributed by atoms with Gasteiger partial charge in [-0.2, -0.15) is 0 Å². The van der Waals surface area contributed by atoms with Crippen molar-refractivity contribution in [3.8, 4) is 0 Å². The Morgan fingerprint density at radius 1 is 1.12 bits per heavy atom. The molecule has 0 bridgehead atoms. The molecule has 0 aliphatic rings. The molecule has 0 aliphatic carbocycles. The first-order valence-corrected chi connectivity index (χ1v) is 6.68. The smallest absolute Gasteiger partial charge is 0.193 e. The molecule has 0 saturated carbocycles. The fraction of sp³-hybridized carbons (Fsp3) is 0.133. The lowest BCUT2D eigenvalue weighted by Gasteiger charge is -2.07. The number of carbonyl (C=O) groups excluding carboxylic acids is 1. The van der Waals surface area contributed by atoms with Crippen LogP contribution in [0.5, 0.6) is 0 Å². The van der Waals surface area contributed by atoms with E-state index in [9.17, 15) is 4.79 Å². The second kappa shape index (κ2) is 5.45. The highest BCUT2D eigenvalue weighted by Gasteiger charge is 2.12. The van der Waals surface area contributed by atoms with E-state index >= 15 is 0 Å². The summed E-state index contributed by atoms with van der Waals surface area (Å²) in [7, 11) is 0. The van der Waals surface area contributed by atoms with E-state index in [0.29, 0.717) is 0 Å². The van der Waals surface area contributed by atoms with E-state index in [2.05, 4.69) is 29.5 Å². The molecule has 0 heterocycles. The molecule has 0 aromatic heterocycles. The summed E-state index contributed by atoms with van der Waals surface area (Å²) in [5.41, 5.74) is 2.69. The summed E-state index contributed by atoms with van der Waals surface area (Å²) in [4.78, 5) is 12.4. The van der Waals surface area contributed by atoms with Gasteiger partial charge in [0.25, 0.3) is 0 Å². The third-order valence-electron chi connectivity index (χ3n) is 2.73. The minimum Gasteiger partial charge on any atom is -0.289 e. The maximum atomic E-state index is 12.4. The lowest BCUT2D eigenvalue weighted by atomic mass is 9.97. The summed E-state index contributed by atoms with van der Waals surface area (Å²) in [5.74, 6) is 0.112. The summed E-state index contributed by atoms with van der Waals surface area (Å²) >= 11 is 2.24.